The zero-order valence-corrected chi connectivity index (χ0v) is 30.2. The smallest absolute Gasteiger partial charge is 0.240 e. The fourth-order valence-electron chi connectivity index (χ4n) is 6.99. The Labute approximate surface area is 301 Å². The van der Waals surface area contributed by atoms with Crippen molar-refractivity contribution in [1.82, 2.24) is 9.80 Å². The zero-order valence-electron chi connectivity index (χ0n) is 30.2. The first-order valence-corrected chi connectivity index (χ1v) is 18.1. The lowest BCUT2D eigenvalue weighted by Gasteiger charge is -2.33. The number of morpholine rings is 4. The van der Waals surface area contributed by atoms with E-state index in [1.54, 1.807) is 12.0 Å². The second-order valence-electron chi connectivity index (χ2n) is 13.4. The highest BCUT2D eigenvalue weighted by Crippen LogP contribution is 2.29. The molecule has 0 radical (unpaired) electrons. The van der Waals surface area contributed by atoms with E-state index in [0.29, 0.717) is 85.7 Å². The van der Waals surface area contributed by atoms with Crippen LogP contribution in [0.1, 0.15) is 11.1 Å². The number of nitrogens with zero attached hydrogens (tertiary/aromatic N) is 5. The molecule has 14 nitrogen and oxygen atoms in total. The first kappa shape index (κ1) is 37.4. The van der Waals surface area contributed by atoms with E-state index in [1.807, 2.05) is 25.2 Å². The molecule has 14 heteroatoms. The number of methoxy groups -OCH3 is 1. The van der Waals surface area contributed by atoms with Crippen molar-refractivity contribution in [2.75, 3.05) is 152 Å². The molecule has 2 aromatic carbocycles. The van der Waals surface area contributed by atoms with Gasteiger partial charge in [-0.1, -0.05) is 0 Å². The van der Waals surface area contributed by atoms with Crippen LogP contribution in [0, 0.1) is 0 Å². The third kappa shape index (κ3) is 10.6. The quantitative estimate of drug-likeness (QED) is 0.308. The minimum atomic E-state index is -0.166. The van der Waals surface area contributed by atoms with Crippen LogP contribution < -0.4 is 20.0 Å². The number of carbonyl (C=O) groups excluding carboxylic acids is 2. The summed E-state index contributed by atoms with van der Waals surface area (Å²) in [6.07, 6.45) is -0.166. The molecule has 4 aliphatic heterocycles. The number of ether oxygens (including phenoxy) is 6. The number of anilines is 4. The Morgan fingerprint density at radius 2 is 1.37 bits per heavy atom. The molecule has 2 aromatic rings. The lowest BCUT2D eigenvalue weighted by atomic mass is 10.1. The summed E-state index contributed by atoms with van der Waals surface area (Å²) in [4.78, 5) is 36.9. The van der Waals surface area contributed by atoms with Gasteiger partial charge in [-0.2, -0.15) is 0 Å². The van der Waals surface area contributed by atoms with Crippen molar-refractivity contribution in [2.24, 2.45) is 0 Å². The number of likely N-dealkylation sites (N-methyl/N-ethyl adjacent to an activating group) is 1. The molecular formula is C37H54N6O8. The lowest BCUT2D eigenvalue weighted by molar-refractivity contribution is -0.121. The van der Waals surface area contributed by atoms with Gasteiger partial charge in [0.15, 0.2) is 0 Å². The molecule has 1 unspecified atom stereocenters. The molecule has 1 N–H and O–H groups in total. The SMILES string of the molecule is COCc1cc(NC(=O)CN2CCOC(COCc3cc(N(C)C(=O)CN4CCOCC4)ccc3N3CCOCC3)C2)ccc1N1CCOCC1. The summed E-state index contributed by atoms with van der Waals surface area (Å²) in [6, 6.07) is 12.2. The normalized spacial score (nSPS) is 20.7. The highest BCUT2D eigenvalue weighted by Gasteiger charge is 2.25. The number of rotatable bonds is 14. The minimum Gasteiger partial charge on any atom is -0.380 e. The molecular weight excluding hydrogens is 656 g/mol. The van der Waals surface area contributed by atoms with Gasteiger partial charge in [0.25, 0.3) is 0 Å². The van der Waals surface area contributed by atoms with Crippen molar-refractivity contribution in [2.45, 2.75) is 19.3 Å². The van der Waals surface area contributed by atoms with Gasteiger partial charge in [-0.15, -0.1) is 0 Å². The number of amides is 2. The van der Waals surface area contributed by atoms with Gasteiger partial charge >= 0.3 is 0 Å². The maximum absolute atomic E-state index is 13.2. The molecule has 0 saturated carbocycles. The standard InChI is InChI=1S/C37H54N6O8/c1-39(37(45)25-40-7-14-47-15-8-40)32-4-6-35(43-12-18-49-19-13-43)30(22-32)27-50-28-33-23-41(9-20-51-33)24-36(44)38-31-3-5-34(29(21-31)26-46-2)42-10-16-48-17-11-42/h3-6,21-22,33H,7-20,23-28H2,1-2H3,(H,38,44). The Kier molecular flexibility index (Phi) is 13.9. The number of hydrogen-bond donors (Lipinski definition) is 1. The van der Waals surface area contributed by atoms with Gasteiger partial charge in [0, 0.05) is 100 Å². The van der Waals surface area contributed by atoms with Gasteiger partial charge < -0.3 is 48.4 Å². The molecule has 4 saturated heterocycles. The predicted molar refractivity (Wildman–Crippen MR) is 195 cm³/mol. The zero-order chi connectivity index (χ0) is 35.4. The highest BCUT2D eigenvalue weighted by atomic mass is 16.5. The number of carbonyl (C=O) groups is 2. The summed E-state index contributed by atoms with van der Waals surface area (Å²) < 4.78 is 34.4. The van der Waals surface area contributed by atoms with Crippen molar-refractivity contribution in [1.29, 1.82) is 0 Å². The fraction of sp³-hybridized carbons (Fsp3) is 0.622. The molecule has 6 rings (SSSR count). The minimum absolute atomic E-state index is 0.0445. The third-order valence-electron chi connectivity index (χ3n) is 9.81. The van der Waals surface area contributed by atoms with Crippen LogP contribution in [0.4, 0.5) is 22.7 Å². The van der Waals surface area contributed by atoms with Crippen molar-refractivity contribution in [3.63, 3.8) is 0 Å². The summed E-state index contributed by atoms with van der Waals surface area (Å²) in [5, 5.41) is 3.08. The van der Waals surface area contributed by atoms with Crippen molar-refractivity contribution in [3.8, 4) is 0 Å². The average Bonchev–Trinajstić information content (AvgIpc) is 3.16. The summed E-state index contributed by atoms with van der Waals surface area (Å²) in [7, 11) is 3.51. The first-order valence-electron chi connectivity index (χ1n) is 18.1. The monoisotopic (exact) mass is 710 g/mol. The van der Waals surface area contributed by atoms with Gasteiger partial charge in [0.1, 0.15) is 0 Å². The van der Waals surface area contributed by atoms with Gasteiger partial charge in [0.2, 0.25) is 11.8 Å². The lowest BCUT2D eigenvalue weighted by Crippen LogP contribution is -2.47. The van der Waals surface area contributed by atoms with E-state index in [1.165, 1.54) is 0 Å². The topological polar surface area (TPSA) is 118 Å². The van der Waals surface area contributed by atoms with E-state index in [9.17, 15) is 9.59 Å². The molecule has 280 valence electrons. The van der Waals surface area contributed by atoms with Crippen molar-refractivity contribution < 1.29 is 38.0 Å². The Morgan fingerprint density at radius 1 is 0.765 bits per heavy atom. The molecule has 0 bridgehead atoms. The summed E-state index contributed by atoms with van der Waals surface area (Å²) in [5.41, 5.74) is 5.84. The summed E-state index contributed by atoms with van der Waals surface area (Å²) in [5.74, 6) is -0.0265. The third-order valence-corrected chi connectivity index (χ3v) is 9.81. The van der Waals surface area contributed by atoms with Gasteiger partial charge in [-0.3, -0.25) is 19.4 Å². The fourth-order valence-corrected chi connectivity index (χ4v) is 6.99. The average molecular weight is 711 g/mol. The van der Waals surface area contributed by atoms with Crippen LogP contribution in [0.2, 0.25) is 0 Å². The van der Waals surface area contributed by atoms with E-state index in [4.69, 9.17) is 28.4 Å². The number of benzene rings is 2. The van der Waals surface area contributed by atoms with Crippen LogP contribution in [0.5, 0.6) is 0 Å². The molecule has 1 atom stereocenters. The van der Waals surface area contributed by atoms with Crippen LogP contribution in [-0.4, -0.2) is 160 Å². The van der Waals surface area contributed by atoms with Crippen LogP contribution in [0.15, 0.2) is 36.4 Å². The van der Waals surface area contributed by atoms with Crippen LogP contribution >= 0.6 is 0 Å². The molecule has 51 heavy (non-hydrogen) atoms. The van der Waals surface area contributed by atoms with Crippen molar-refractivity contribution >= 4 is 34.6 Å². The van der Waals surface area contributed by atoms with E-state index in [-0.39, 0.29) is 24.5 Å². The summed E-state index contributed by atoms with van der Waals surface area (Å²) in [6.45, 7) is 12.5. The highest BCUT2D eigenvalue weighted by molar-refractivity contribution is 5.94. The molecule has 0 spiro atoms. The maximum atomic E-state index is 13.2. The second kappa shape index (κ2) is 18.9. The van der Waals surface area contributed by atoms with Crippen LogP contribution in [-0.2, 0) is 51.2 Å². The number of hydrogen-bond acceptors (Lipinski definition) is 12. The van der Waals surface area contributed by atoms with Gasteiger partial charge in [-0.05, 0) is 36.4 Å². The van der Waals surface area contributed by atoms with E-state index >= 15 is 0 Å². The van der Waals surface area contributed by atoms with E-state index < -0.39 is 0 Å². The Bertz CT molecular complexity index is 1430. The Balaban J connectivity index is 1.02. The second-order valence-corrected chi connectivity index (χ2v) is 13.4. The molecule has 2 amide bonds. The Morgan fingerprint density at radius 3 is 2.04 bits per heavy atom. The molecule has 4 aliphatic rings. The van der Waals surface area contributed by atoms with Crippen LogP contribution in [0.3, 0.4) is 0 Å². The van der Waals surface area contributed by atoms with Gasteiger partial charge in [-0.25, -0.2) is 0 Å². The first-order chi connectivity index (χ1) is 25.0. The van der Waals surface area contributed by atoms with Crippen molar-refractivity contribution in [3.05, 3.63) is 47.5 Å². The maximum Gasteiger partial charge on any atom is 0.240 e. The molecule has 0 aromatic heterocycles. The number of nitrogens with one attached hydrogen (secondary N) is 1. The Hall–Kier alpha value is -3.34. The molecule has 0 aliphatic carbocycles. The summed E-state index contributed by atoms with van der Waals surface area (Å²) >= 11 is 0. The van der Waals surface area contributed by atoms with Gasteiger partial charge in [0.05, 0.1) is 85.3 Å². The predicted octanol–water partition coefficient (Wildman–Crippen LogP) is 1.66. The molecule has 4 fully saturated rings. The van der Waals surface area contributed by atoms with Crippen LogP contribution in [0.25, 0.3) is 0 Å². The largest absolute Gasteiger partial charge is 0.380 e. The van der Waals surface area contributed by atoms with E-state index in [0.717, 1.165) is 73.1 Å². The van der Waals surface area contributed by atoms with E-state index in [2.05, 4.69) is 43.1 Å². The molecule has 4 heterocycles.